The van der Waals surface area contributed by atoms with Crippen LogP contribution in [0.4, 0.5) is 0 Å². The second-order valence-electron chi connectivity index (χ2n) is 12.3. The molecule has 0 amide bonds. The number of allylic oxidation sites excluding steroid dienone is 1. The van der Waals surface area contributed by atoms with E-state index in [1.807, 2.05) is 12.8 Å². The highest BCUT2D eigenvalue weighted by Crippen LogP contribution is 2.32. The first-order valence-corrected chi connectivity index (χ1v) is 15.4. The molecule has 9 heteroatoms. The largest absolute Gasteiger partial charge is 0.462 e. The molecule has 9 nitrogen and oxygen atoms in total. The maximum absolute atomic E-state index is 12.9. The Balaban J connectivity index is 1.46. The van der Waals surface area contributed by atoms with E-state index in [0.29, 0.717) is 43.9 Å². The van der Waals surface area contributed by atoms with Crippen LogP contribution in [-0.4, -0.2) is 72.4 Å². The maximum atomic E-state index is 12.9. The zero-order valence-electron chi connectivity index (χ0n) is 24.8. The minimum Gasteiger partial charge on any atom is -0.462 e. The summed E-state index contributed by atoms with van der Waals surface area (Å²) in [6.07, 6.45) is 9.97. The van der Waals surface area contributed by atoms with Gasteiger partial charge in [0.25, 0.3) is 0 Å². The number of methoxy groups -OCH3 is 1. The third-order valence-electron chi connectivity index (χ3n) is 9.17. The molecule has 2 heterocycles. The fourth-order valence-electron chi connectivity index (χ4n) is 6.66. The number of quaternary nitrogens is 1. The number of piperidine rings is 1. The molecule has 2 fully saturated rings. The standard InChI is InChI=1S/C31H52N3O6/c1-4-21(13-25-19-33-18-24(25)8-5-22-11-12-34-30(32)16-22)7-10-27(40-20(2)35)17-26(36)9-6-23-14-28(37)31(38)29(15-23)39-3/h18-19,21-23,27-31,34,37-38H,4-17,32H2,1-3H3/q+1/p+1. The Bertz CT molecular complexity index is 877. The summed E-state index contributed by atoms with van der Waals surface area (Å²) in [5, 5.41) is 22.4. The number of carbonyl (C=O) groups excluding carboxylic acids is 2. The minimum absolute atomic E-state index is 0.0661. The summed E-state index contributed by atoms with van der Waals surface area (Å²) in [6.45, 7) is 6.71. The van der Waals surface area contributed by atoms with Crippen LogP contribution in [0.3, 0.4) is 0 Å². The summed E-state index contributed by atoms with van der Waals surface area (Å²) in [6, 6.07) is 0. The van der Waals surface area contributed by atoms with E-state index in [1.54, 1.807) is 0 Å². The van der Waals surface area contributed by atoms with E-state index in [2.05, 4.69) is 17.2 Å². The molecule has 0 aromatic rings. The number of ketones is 1. The maximum Gasteiger partial charge on any atom is 0.302 e. The number of aliphatic imine (C=N–C) groups is 1. The molecule has 2 aliphatic heterocycles. The number of nitrogens with zero attached hydrogens (tertiary/aromatic N) is 1. The topological polar surface area (TPSA) is 148 Å². The van der Waals surface area contributed by atoms with Crippen LogP contribution in [0.5, 0.6) is 0 Å². The summed E-state index contributed by atoms with van der Waals surface area (Å²) < 4.78 is 10.9. The van der Waals surface area contributed by atoms with Gasteiger partial charge in [0.15, 0.2) is 6.21 Å². The molecule has 1 saturated heterocycles. The van der Waals surface area contributed by atoms with Crippen LogP contribution in [0.1, 0.15) is 97.3 Å². The normalized spacial score (nSPS) is 30.1. The van der Waals surface area contributed by atoms with Crippen LogP contribution in [-0.2, 0) is 19.1 Å². The Morgan fingerprint density at radius 3 is 2.70 bits per heavy atom. The van der Waals surface area contributed by atoms with E-state index in [4.69, 9.17) is 15.2 Å². The molecule has 8 atom stereocenters. The highest BCUT2D eigenvalue weighted by molar-refractivity contribution is 5.84. The lowest BCUT2D eigenvalue weighted by molar-refractivity contribution is -0.699. The number of hydrogen-bond acceptors (Lipinski definition) is 8. The van der Waals surface area contributed by atoms with Crippen LogP contribution >= 0.6 is 0 Å². The number of aliphatic hydroxyl groups is 2. The smallest absolute Gasteiger partial charge is 0.302 e. The van der Waals surface area contributed by atoms with Crippen molar-refractivity contribution in [1.82, 2.24) is 0 Å². The van der Waals surface area contributed by atoms with Gasteiger partial charge in [-0.15, -0.1) is 4.99 Å². The third-order valence-corrected chi connectivity index (χ3v) is 9.17. The van der Waals surface area contributed by atoms with E-state index in [0.717, 1.165) is 45.1 Å². The molecule has 40 heavy (non-hydrogen) atoms. The molecular formula is C31H53N3O6+2. The molecule has 0 aromatic heterocycles. The van der Waals surface area contributed by atoms with Crippen molar-refractivity contribution in [2.24, 2.45) is 28.5 Å². The van der Waals surface area contributed by atoms with E-state index < -0.39 is 24.4 Å². The highest BCUT2D eigenvalue weighted by atomic mass is 16.5. The number of ether oxygens (including phenoxy) is 2. The van der Waals surface area contributed by atoms with Crippen LogP contribution in [0.25, 0.3) is 0 Å². The van der Waals surface area contributed by atoms with E-state index >= 15 is 0 Å². The van der Waals surface area contributed by atoms with Crippen molar-refractivity contribution in [3.05, 3.63) is 17.7 Å². The Labute approximate surface area is 240 Å². The quantitative estimate of drug-likeness (QED) is 0.167. The second kappa shape index (κ2) is 16.6. The minimum atomic E-state index is -0.883. The van der Waals surface area contributed by atoms with Gasteiger partial charge in [0.05, 0.1) is 24.3 Å². The summed E-state index contributed by atoms with van der Waals surface area (Å²) in [7, 11) is 1.53. The predicted octanol–water partition coefficient (Wildman–Crippen LogP) is 2.58. The lowest BCUT2D eigenvalue weighted by Gasteiger charge is -2.36. The van der Waals surface area contributed by atoms with Gasteiger partial charge in [-0.2, -0.15) is 0 Å². The first-order chi connectivity index (χ1) is 19.2. The van der Waals surface area contributed by atoms with E-state index in [9.17, 15) is 19.8 Å². The van der Waals surface area contributed by atoms with Gasteiger partial charge >= 0.3 is 5.97 Å². The third kappa shape index (κ3) is 10.6. The molecule has 6 N–H and O–H groups in total. The number of hydrogen-bond donors (Lipinski definition) is 4. The summed E-state index contributed by atoms with van der Waals surface area (Å²) in [4.78, 5) is 29.1. The zero-order chi connectivity index (χ0) is 29.1. The molecule has 8 unspecified atom stereocenters. The molecule has 3 aliphatic rings. The molecular weight excluding hydrogens is 510 g/mol. The van der Waals surface area contributed by atoms with Crippen LogP contribution in [0, 0.1) is 24.3 Å². The van der Waals surface area contributed by atoms with E-state index in [-0.39, 0.29) is 30.3 Å². The van der Waals surface area contributed by atoms with Crippen molar-refractivity contribution in [2.75, 3.05) is 13.7 Å². The van der Waals surface area contributed by atoms with Crippen LogP contribution in [0.2, 0.25) is 0 Å². The van der Waals surface area contributed by atoms with Crippen molar-refractivity contribution in [3.63, 3.8) is 0 Å². The van der Waals surface area contributed by atoms with E-state index in [1.165, 1.54) is 31.6 Å². The van der Waals surface area contributed by atoms with Gasteiger partial charge in [0.1, 0.15) is 36.3 Å². The number of nitrogens with two attached hydrogens (primary N) is 2. The number of aliphatic hydroxyl groups excluding tert-OH is 2. The molecule has 1 saturated carbocycles. The van der Waals surface area contributed by atoms with Crippen LogP contribution < -0.4 is 11.1 Å². The molecule has 0 aromatic carbocycles. The molecule has 0 bridgehead atoms. The first kappa shape index (κ1) is 32.7. The van der Waals surface area contributed by atoms with Gasteiger partial charge in [0.2, 0.25) is 0 Å². The molecule has 226 valence electrons. The average molecular weight is 564 g/mol. The number of esters is 1. The number of Topliss-reactive ketones (excluding diaryl/α,β-unsaturated/α-hetero) is 1. The molecule has 1 aliphatic carbocycles. The summed E-state index contributed by atoms with van der Waals surface area (Å²) >= 11 is 0. The zero-order valence-corrected chi connectivity index (χ0v) is 24.8. The number of rotatable bonds is 16. The fourth-order valence-corrected chi connectivity index (χ4v) is 6.66. The molecule has 0 spiro atoms. The van der Waals surface area contributed by atoms with Crippen molar-refractivity contribution < 1.29 is 34.6 Å². The van der Waals surface area contributed by atoms with Gasteiger partial charge in [-0.25, -0.2) is 0 Å². The number of carbonyl (C=O) groups is 2. The Kier molecular flexibility index (Phi) is 13.6. The lowest BCUT2D eigenvalue weighted by atomic mass is 9.80. The first-order valence-electron chi connectivity index (χ1n) is 15.4. The Morgan fingerprint density at radius 1 is 1.20 bits per heavy atom. The van der Waals surface area contributed by atoms with Gasteiger partial charge in [-0.05, 0) is 62.7 Å². The van der Waals surface area contributed by atoms with Crippen molar-refractivity contribution in [1.29, 1.82) is 0 Å². The SMILES string of the molecule is CCC(CCC(CC(=O)CCC1CC(O)C(O)C(OC)C1)OC(C)=O)CC1=C(CCC2CC[NH2+]C(N)C2)[CH+]N=C1. The van der Waals surface area contributed by atoms with Crippen LogP contribution in [0.15, 0.2) is 16.1 Å². The fraction of sp³-hybridized carbons (Fsp3) is 0.806. The Morgan fingerprint density at radius 2 is 2.00 bits per heavy atom. The predicted molar refractivity (Wildman–Crippen MR) is 154 cm³/mol. The van der Waals surface area contributed by atoms with Gasteiger partial charge < -0.3 is 25.0 Å². The Hall–Kier alpha value is -1.78. The second-order valence-corrected chi connectivity index (χ2v) is 12.3. The van der Waals surface area contributed by atoms with Gasteiger partial charge in [-0.3, -0.25) is 15.3 Å². The van der Waals surface area contributed by atoms with Crippen molar-refractivity contribution in [3.8, 4) is 0 Å². The van der Waals surface area contributed by atoms with Crippen molar-refractivity contribution >= 4 is 18.0 Å². The van der Waals surface area contributed by atoms with Crippen molar-refractivity contribution in [2.45, 2.75) is 128 Å². The summed E-state index contributed by atoms with van der Waals surface area (Å²) in [5.41, 5.74) is 8.78. The van der Waals surface area contributed by atoms with Gasteiger partial charge in [-0.1, -0.05) is 13.3 Å². The monoisotopic (exact) mass is 563 g/mol. The molecule has 0 radical (unpaired) electrons. The lowest BCUT2D eigenvalue weighted by Crippen LogP contribution is -2.94. The summed E-state index contributed by atoms with van der Waals surface area (Å²) in [5.74, 6) is 0.930. The van der Waals surface area contributed by atoms with Gasteiger partial charge in [0, 0.05) is 46.1 Å². The molecule has 3 rings (SSSR count). The highest BCUT2D eigenvalue weighted by Gasteiger charge is 2.36. The average Bonchev–Trinajstić information content (AvgIpc) is 3.36.